The highest BCUT2D eigenvalue weighted by molar-refractivity contribution is 5.93. The lowest BCUT2D eigenvalue weighted by molar-refractivity contribution is -0.929. The number of para-hydroxylation sites is 1. The van der Waals surface area contributed by atoms with Gasteiger partial charge in [0.25, 0.3) is 0 Å². The number of carbonyl (C=O) groups is 1. The average Bonchev–Trinajstić information content (AvgIpc) is 3.21. The first kappa shape index (κ1) is 15.4. The number of hydrogen-bond acceptors (Lipinski definition) is 3. The van der Waals surface area contributed by atoms with Crippen molar-refractivity contribution in [3.8, 4) is 0 Å². The highest BCUT2D eigenvalue weighted by Gasteiger charge is 2.69. The minimum atomic E-state index is -0.139. The van der Waals surface area contributed by atoms with E-state index in [0.29, 0.717) is 6.04 Å². The number of fused-ring (bicyclic) bond motifs is 1. The molecule has 132 valence electrons. The third-order valence-electron chi connectivity index (χ3n) is 7.61. The van der Waals surface area contributed by atoms with E-state index in [0.717, 1.165) is 30.5 Å². The number of nitrogens with one attached hydrogen (secondary N) is 2. The molecule has 0 aromatic heterocycles. The zero-order valence-corrected chi connectivity index (χ0v) is 15.2. The third-order valence-corrected chi connectivity index (χ3v) is 7.61. The Labute approximate surface area is 149 Å². The molecule has 0 saturated carbocycles. The molecular formula is C21H27N2O2+. The van der Waals surface area contributed by atoms with Gasteiger partial charge in [0.05, 0.1) is 31.2 Å². The number of anilines is 1. The van der Waals surface area contributed by atoms with E-state index in [4.69, 9.17) is 4.74 Å². The summed E-state index contributed by atoms with van der Waals surface area (Å²) in [5.41, 5.74) is 4.86. The molecule has 3 heterocycles. The van der Waals surface area contributed by atoms with E-state index >= 15 is 0 Å². The predicted octanol–water partition coefficient (Wildman–Crippen LogP) is 2.03. The maximum absolute atomic E-state index is 12.7. The Bertz CT molecular complexity index is 786. The second-order valence-electron chi connectivity index (χ2n) is 8.32. The smallest absolute Gasteiger partial charge is 0.335 e. The quantitative estimate of drug-likeness (QED) is 0.810. The molecule has 2 fully saturated rings. The maximum Gasteiger partial charge on any atom is 0.335 e. The number of benzene rings is 1. The molecule has 0 amide bonds. The topological polar surface area (TPSA) is 42.8 Å². The molecule has 4 aliphatic rings. The summed E-state index contributed by atoms with van der Waals surface area (Å²) in [5.74, 6) is -0.139. The number of piperidine rings is 1. The van der Waals surface area contributed by atoms with Crippen molar-refractivity contribution in [3.63, 3.8) is 0 Å². The number of hydrogen-bond donors (Lipinski definition) is 2. The second kappa shape index (κ2) is 5.10. The molecule has 4 nitrogen and oxygen atoms in total. The molecule has 4 atom stereocenters. The van der Waals surface area contributed by atoms with Crippen LogP contribution in [0.15, 0.2) is 35.5 Å². The Morgan fingerprint density at radius 1 is 1.32 bits per heavy atom. The SMILES string of the molecule is CC[C@@]12CCC[NH+]3CC[C@]4(C(=C(C(=O)OC)C1)Nc1ccccc14)[C@H]32. The van der Waals surface area contributed by atoms with E-state index < -0.39 is 0 Å². The van der Waals surface area contributed by atoms with Crippen molar-refractivity contribution >= 4 is 11.7 Å². The minimum absolute atomic E-state index is 0.0237. The van der Waals surface area contributed by atoms with Crippen LogP contribution in [0, 0.1) is 5.41 Å². The molecule has 1 spiro atoms. The molecule has 3 aliphatic heterocycles. The van der Waals surface area contributed by atoms with Gasteiger partial charge < -0.3 is 15.0 Å². The van der Waals surface area contributed by atoms with Gasteiger partial charge in [-0.05, 0) is 37.3 Å². The van der Waals surface area contributed by atoms with Crippen LogP contribution in [-0.4, -0.2) is 32.2 Å². The summed E-state index contributed by atoms with van der Waals surface area (Å²) in [7, 11) is 1.52. The van der Waals surface area contributed by atoms with Gasteiger partial charge in [0.1, 0.15) is 6.04 Å². The van der Waals surface area contributed by atoms with Gasteiger partial charge in [0.15, 0.2) is 0 Å². The first-order valence-corrected chi connectivity index (χ1v) is 9.69. The van der Waals surface area contributed by atoms with Crippen LogP contribution < -0.4 is 10.2 Å². The van der Waals surface area contributed by atoms with Crippen molar-refractivity contribution < 1.29 is 14.4 Å². The molecule has 1 unspecified atom stereocenters. The van der Waals surface area contributed by atoms with Crippen molar-refractivity contribution in [3.05, 3.63) is 41.1 Å². The summed E-state index contributed by atoms with van der Waals surface area (Å²) < 4.78 is 5.23. The molecule has 2 saturated heterocycles. The first-order valence-electron chi connectivity index (χ1n) is 9.69. The predicted molar refractivity (Wildman–Crippen MR) is 96.5 cm³/mol. The van der Waals surface area contributed by atoms with Gasteiger partial charge in [-0.3, -0.25) is 0 Å². The fraction of sp³-hybridized carbons (Fsp3) is 0.571. The number of ether oxygens (including phenoxy) is 1. The number of methoxy groups -OCH3 is 1. The van der Waals surface area contributed by atoms with Crippen LogP contribution in [-0.2, 0) is 14.9 Å². The van der Waals surface area contributed by atoms with Crippen molar-refractivity contribution in [1.29, 1.82) is 0 Å². The monoisotopic (exact) mass is 339 g/mol. The Balaban J connectivity index is 1.81. The fourth-order valence-corrected chi connectivity index (χ4v) is 6.73. The Morgan fingerprint density at radius 2 is 2.16 bits per heavy atom. The first-order chi connectivity index (χ1) is 12.2. The number of quaternary nitrogens is 1. The van der Waals surface area contributed by atoms with E-state index in [9.17, 15) is 4.79 Å². The average molecular weight is 339 g/mol. The van der Waals surface area contributed by atoms with E-state index in [1.165, 1.54) is 44.3 Å². The van der Waals surface area contributed by atoms with Crippen molar-refractivity contribution in [2.45, 2.75) is 50.5 Å². The Hall–Kier alpha value is -1.81. The zero-order valence-electron chi connectivity index (χ0n) is 15.2. The highest BCUT2D eigenvalue weighted by atomic mass is 16.5. The molecule has 2 N–H and O–H groups in total. The Morgan fingerprint density at radius 3 is 2.96 bits per heavy atom. The van der Waals surface area contributed by atoms with Crippen LogP contribution in [0.5, 0.6) is 0 Å². The van der Waals surface area contributed by atoms with E-state index in [1.54, 1.807) is 4.90 Å². The molecule has 1 aliphatic carbocycles. The molecule has 5 rings (SSSR count). The molecule has 1 aromatic carbocycles. The minimum Gasteiger partial charge on any atom is -0.466 e. The lowest BCUT2D eigenvalue weighted by Gasteiger charge is -2.53. The van der Waals surface area contributed by atoms with E-state index in [-0.39, 0.29) is 16.8 Å². The second-order valence-corrected chi connectivity index (χ2v) is 8.32. The van der Waals surface area contributed by atoms with Crippen LogP contribution in [0.1, 0.15) is 44.6 Å². The molecule has 4 heteroatoms. The van der Waals surface area contributed by atoms with E-state index in [1.807, 2.05) is 0 Å². The molecule has 0 bridgehead atoms. The zero-order chi connectivity index (χ0) is 17.2. The number of rotatable bonds is 2. The van der Waals surface area contributed by atoms with Crippen LogP contribution in [0.3, 0.4) is 0 Å². The fourth-order valence-electron chi connectivity index (χ4n) is 6.73. The van der Waals surface area contributed by atoms with Gasteiger partial charge in [-0.1, -0.05) is 25.1 Å². The van der Waals surface area contributed by atoms with Crippen LogP contribution in [0.2, 0.25) is 0 Å². The summed E-state index contributed by atoms with van der Waals surface area (Å²) in [6.45, 7) is 4.81. The molecule has 1 aromatic rings. The lowest BCUT2D eigenvalue weighted by atomic mass is 9.53. The normalized spacial score (nSPS) is 37.8. The molecular weight excluding hydrogens is 312 g/mol. The van der Waals surface area contributed by atoms with Gasteiger partial charge in [-0.15, -0.1) is 0 Å². The lowest BCUT2D eigenvalue weighted by Crippen LogP contribution is -3.17. The van der Waals surface area contributed by atoms with Crippen molar-refractivity contribution in [1.82, 2.24) is 0 Å². The van der Waals surface area contributed by atoms with Gasteiger partial charge >= 0.3 is 5.97 Å². The summed E-state index contributed by atoms with van der Waals surface area (Å²) >= 11 is 0. The van der Waals surface area contributed by atoms with Gasteiger partial charge in [-0.25, -0.2) is 4.79 Å². The molecule has 25 heavy (non-hydrogen) atoms. The van der Waals surface area contributed by atoms with E-state index in [2.05, 4.69) is 36.5 Å². The summed E-state index contributed by atoms with van der Waals surface area (Å²) in [4.78, 5) is 14.5. The summed E-state index contributed by atoms with van der Waals surface area (Å²) in [6, 6.07) is 9.27. The van der Waals surface area contributed by atoms with Gasteiger partial charge in [-0.2, -0.15) is 0 Å². The number of carbonyl (C=O) groups excluding carboxylic acids is 1. The molecule has 0 radical (unpaired) electrons. The van der Waals surface area contributed by atoms with Crippen LogP contribution in [0.4, 0.5) is 5.69 Å². The van der Waals surface area contributed by atoms with Gasteiger partial charge in [0, 0.05) is 23.2 Å². The number of esters is 1. The highest BCUT2D eigenvalue weighted by Crippen LogP contribution is 2.61. The van der Waals surface area contributed by atoms with Crippen molar-refractivity contribution in [2.24, 2.45) is 5.41 Å². The van der Waals surface area contributed by atoms with Crippen molar-refractivity contribution in [2.75, 3.05) is 25.5 Å². The Kier molecular flexibility index (Phi) is 3.15. The standard InChI is InChI=1S/C21H26N2O2/c1-3-20-9-6-11-23-12-10-21(19(20)23)15-7-4-5-8-16(15)22-17(21)14(13-20)18(24)25-2/h4-5,7-8,19,22H,3,6,9-13H2,1-2H3/p+1/t19-,20-,21+/m1/s1. The summed E-state index contributed by atoms with van der Waals surface area (Å²) in [6.07, 6.45) is 5.64. The van der Waals surface area contributed by atoms with Crippen LogP contribution >= 0.6 is 0 Å². The largest absolute Gasteiger partial charge is 0.466 e. The van der Waals surface area contributed by atoms with Crippen LogP contribution in [0.25, 0.3) is 0 Å². The summed E-state index contributed by atoms with van der Waals surface area (Å²) in [5, 5.41) is 3.66. The van der Waals surface area contributed by atoms with Gasteiger partial charge in [0.2, 0.25) is 0 Å². The third kappa shape index (κ3) is 1.74. The maximum atomic E-state index is 12.7.